The monoisotopic (exact) mass is 349 g/mol. The van der Waals surface area contributed by atoms with E-state index in [1.807, 2.05) is 0 Å². The Hall–Kier alpha value is -0.0668. The van der Waals surface area contributed by atoms with Gasteiger partial charge in [-0.2, -0.15) is 0 Å². The molecule has 0 heterocycles. The van der Waals surface area contributed by atoms with E-state index < -0.39 is 0 Å². The largest absolute Gasteiger partial charge is 0.294 e. The van der Waals surface area contributed by atoms with E-state index in [2.05, 4.69) is 0 Å². The van der Waals surface area contributed by atoms with Crippen molar-refractivity contribution in [3.63, 3.8) is 0 Å². The van der Waals surface area contributed by atoms with Gasteiger partial charge in [0.25, 0.3) is 0 Å². The predicted molar refractivity (Wildman–Crippen MR) is 47.2 cm³/mol. The zero-order valence-corrected chi connectivity index (χ0v) is 10.3. The number of benzene rings is 1. The second-order valence-corrected chi connectivity index (χ2v) is 2.44. The van der Waals surface area contributed by atoms with Gasteiger partial charge in [0.1, 0.15) is 0 Å². The number of carbonyl (C=O) groups excluding carboxylic acids is 1. The van der Waals surface area contributed by atoms with Crippen LogP contribution in [0.2, 0.25) is 5.02 Å². The first-order valence-electron chi connectivity index (χ1n) is 2.97. The molecule has 0 atom stereocenters. The molecule has 0 aliphatic rings. The SMILES string of the molecule is CC(=O)c1ccccc1Cl.[B].[W]. The van der Waals surface area contributed by atoms with Crippen molar-refractivity contribution in [3.8, 4) is 0 Å². The molecule has 61 valence electrons. The number of halogens is 1. The van der Waals surface area contributed by atoms with Crippen LogP contribution in [0.4, 0.5) is 0 Å². The fraction of sp³-hybridized carbons (Fsp3) is 0.125. The number of carbonyl (C=O) groups is 1. The topological polar surface area (TPSA) is 17.1 Å². The predicted octanol–water partition coefficient (Wildman–Crippen LogP) is 2.16. The molecular weight excluding hydrogens is 342 g/mol. The minimum absolute atomic E-state index is 0. The second-order valence-electron chi connectivity index (χ2n) is 2.04. The molecular formula is C8H7BClOW. The van der Waals surface area contributed by atoms with Gasteiger partial charge in [-0.25, -0.2) is 0 Å². The van der Waals surface area contributed by atoms with Crippen LogP contribution in [0.15, 0.2) is 24.3 Å². The van der Waals surface area contributed by atoms with E-state index in [-0.39, 0.29) is 35.3 Å². The van der Waals surface area contributed by atoms with Crippen molar-refractivity contribution in [1.82, 2.24) is 0 Å². The normalized spacial score (nSPS) is 7.83. The summed E-state index contributed by atoms with van der Waals surface area (Å²) in [6.45, 7) is 1.50. The third-order valence-corrected chi connectivity index (χ3v) is 1.58. The summed E-state index contributed by atoms with van der Waals surface area (Å²) in [5, 5.41) is 0.523. The fourth-order valence-electron chi connectivity index (χ4n) is 0.747. The summed E-state index contributed by atoms with van der Waals surface area (Å²) in [4.78, 5) is 10.8. The average Bonchev–Trinajstić information content (AvgIpc) is 1.88. The Morgan fingerprint density at radius 2 is 1.83 bits per heavy atom. The Kier molecular flexibility index (Phi) is 7.77. The van der Waals surface area contributed by atoms with E-state index >= 15 is 0 Å². The van der Waals surface area contributed by atoms with Gasteiger partial charge in [0.2, 0.25) is 0 Å². The summed E-state index contributed by atoms with van der Waals surface area (Å²) < 4.78 is 0. The molecule has 0 aliphatic heterocycles. The molecule has 0 aliphatic carbocycles. The summed E-state index contributed by atoms with van der Waals surface area (Å²) in [5.41, 5.74) is 0.587. The van der Waals surface area contributed by atoms with Crippen LogP contribution >= 0.6 is 11.6 Å². The van der Waals surface area contributed by atoms with Crippen molar-refractivity contribution in [2.24, 2.45) is 0 Å². The van der Waals surface area contributed by atoms with Gasteiger partial charge in [-0.3, -0.25) is 4.79 Å². The van der Waals surface area contributed by atoms with E-state index in [0.29, 0.717) is 10.6 Å². The maximum Gasteiger partial charge on any atom is 0.161 e. The van der Waals surface area contributed by atoms with E-state index in [9.17, 15) is 4.79 Å². The van der Waals surface area contributed by atoms with Crippen LogP contribution in [-0.2, 0) is 21.1 Å². The smallest absolute Gasteiger partial charge is 0.161 e. The minimum Gasteiger partial charge on any atom is -0.294 e. The first kappa shape index (κ1) is 14.5. The molecule has 0 saturated heterocycles. The first-order chi connectivity index (χ1) is 4.72. The van der Waals surface area contributed by atoms with E-state index in [4.69, 9.17) is 11.6 Å². The number of hydrogen-bond acceptors (Lipinski definition) is 1. The van der Waals surface area contributed by atoms with Crippen LogP contribution in [-0.4, -0.2) is 14.2 Å². The summed E-state index contributed by atoms with van der Waals surface area (Å²) in [6, 6.07) is 7.01. The minimum atomic E-state index is 0. The van der Waals surface area contributed by atoms with Crippen LogP contribution in [0, 0.1) is 0 Å². The maximum atomic E-state index is 10.8. The van der Waals surface area contributed by atoms with Crippen LogP contribution in [0.5, 0.6) is 0 Å². The number of rotatable bonds is 1. The molecule has 4 heteroatoms. The van der Waals surface area contributed by atoms with Gasteiger partial charge in [-0.05, 0) is 19.1 Å². The molecule has 0 aromatic heterocycles. The molecule has 0 unspecified atom stereocenters. The zero-order chi connectivity index (χ0) is 7.56. The van der Waals surface area contributed by atoms with Gasteiger partial charge >= 0.3 is 0 Å². The summed E-state index contributed by atoms with van der Waals surface area (Å²) >= 11 is 5.70. The molecule has 1 rings (SSSR count). The van der Waals surface area contributed by atoms with Gasteiger partial charge in [-0.1, -0.05) is 23.7 Å². The molecule has 0 bridgehead atoms. The number of Topliss-reactive ketones (excluding diaryl/α,β-unsaturated/α-hetero) is 1. The third kappa shape index (κ3) is 3.55. The van der Waals surface area contributed by atoms with Gasteiger partial charge < -0.3 is 0 Å². The van der Waals surface area contributed by atoms with Crippen molar-refractivity contribution in [2.45, 2.75) is 6.92 Å². The molecule has 3 radical (unpaired) electrons. The van der Waals surface area contributed by atoms with Crippen LogP contribution in [0.3, 0.4) is 0 Å². The van der Waals surface area contributed by atoms with E-state index in [0.717, 1.165) is 0 Å². The fourth-order valence-corrected chi connectivity index (χ4v) is 1.02. The van der Waals surface area contributed by atoms with Gasteiger partial charge in [0.05, 0.1) is 5.02 Å². The van der Waals surface area contributed by atoms with Crippen molar-refractivity contribution < 1.29 is 25.9 Å². The third-order valence-electron chi connectivity index (χ3n) is 1.25. The molecule has 1 aromatic rings. The van der Waals surface area contributed by atoms with Gasteiger partial charge in [-0.15, -0.1) is 0 Å². The Morgan fingerprint density at radius 1 is 1.33 bits per heavy atom. The molecule has 12 heavy (non-hydrogen) atoms. The van der Waals surface area contributed by atoms with E-state index in [1.165, 1.54) is 6.92 Å². The quantitative estimate of drug-likeness (QED) is 0.561. The number of hydrogen-bond donors (Lipinski definition) is 0. The Labute approximate surface area is 93.3 Å². The van der Waals surface area contributed by atoms with Crippen LogP contribution in [0.1, 0.15) is 17.3 Å². The van der Waals surface area contributed by atoms with Crippen molar-refractivity contribution in [1.29, 1.82) is 0 Å². The summed E-state index contributed by atoms with van der Waals surface area (Å²) in [5.74, 6) is 0.00519. The van der Waals surface area contributed by atoms with Crippen LogP contribution < -0.4 is 0 Å². The Balaban J connectivity index is 0. The van der Waals surface area contributed by atoms with Crippen molar-refractivity contribution >= 4 is 25.8 Å². The Morgan fingerprint density at radius 3 is 2.17 bits per heavy atom. The van der Waals surface area contributed by atoms with Gasteiger partial charge in [0, 0.05) is 35.0 Å². The molecule has 0 spiro atoms. The summed E-state index contributed by atoms with van der Waals surface area (Å²) in [6.07, 6.45) is 0. The Bertz CT molecular complexity index is 265. The van der Waals surface area contributed by atoms with Crippen molar-refractivity contribution in [3.05, 3.63) is 34.9 Å². The summed E-state index contributed by atoms with van der Waals surface area (Å²) in [7, 11) is 0. The van der Waals surface area contributed by atoms with Crippen molar-refractivity contribution in [2.75, 3.05) is 0 Å². The van der Waals surface area contributed by atoms with Gasteiger partial charge in [0.15, 0.2) is 5.78 Å². The average molecular weight is 349 g/mol. The standard InChI is InChI=1S/C8H7ClO.B.W/c1-6(10)7-4-2-3-5-8(7)9;;/h2-5H,1H3;;. The maximum absolute atomic E-state index is 10.8. The molecule has 1 aromatic carbocycles. The second kappa shape index (κ2) is 6.45. The first-order valence-corrected chi connectivity index (χ1v) is 3.35. The molecule has 0 N–H and O–H groups in total. The molecule has 0 amide bonds. The molecule has 1 nitrogen and oxygen atoms in total. The zero-order valence-electron chi connectivity index (χ0n) is 6.58. The molecule has 0 fully saturated rings. The molecule has 0 saturated carbocycles. The number of ketones is 1. The van der Waals surface area contributed by atoms with Crippen LogP contribution in [0.25, 0.3) is 0 Å². The van der Waals surface area contributed by atoms with E-state index in [1.54, 1.807) is 24.3 Å².